The molecule has 1 amide bonds. The maximum absolute atomic E-state index is 14.9. The number of halogens is 3. The van der Waals surface area contributed by atoms with Crippen LogP contribution in [0, 0.1) is 23.7 Å². The molecule has 3 unspecified atom stereocenters. The Bertz CT molecular complexity index is 1630. The average molecular weight is 644 g/mol. The number of amides is 1. The number of fused-ring (bicyclic) bond motifs is 3. The van der Waals surface area contributed by atoms with E-state index in [4.69, 9.17) is 5.73 Å². The fourth-order valence-corrected chi connectivity index (χ4v) is 7.91. The Hall–Kier alpha value is -3.94. The van der Waals surface area contributed by atoms with Crippen molar-refractivity contribution in [3.63, 3.8) is 0 Å². The maximum Gasteiger partial charge on any atom is 0.417 e. The molecule has 2 aromatic rings. The number of benzene rings is 2. The second-order valence-electron chi connectivity index (χ2n) is 12.7. The highest BCUT2D eigenvalue weighted by Gasteiger charge is 2.69. The van der Waals surface area contributed by atoms with Crippen LogP contribution in [0.2, 0.25) is 0 Å². The number of alkyl halides is 3. The maximum atomic E-state index is 14.9. The van der Waals surface area contributed by atoms with Crippen LogP contribution in [0.1, 0.15) is 58.9 Å². The summed E-state index contributed by atoms with van der Waals surface area (Å²) in [4.78, 5) is 69.8. The third kappa shape index (κ3) is 5.05. The van der Waals surface area contributed by atoms with E-state index in [1.807, 2.05) is 37.3 Å². The third-order valence-electron chi connectivity index (χ3n) is 10.0. The molecule has 246 valence electrons. The van der Waals surface area contributed by atoms with Gasteiger partial charge in [-0.2, -0.15) is 13.2 Å². The lowest BCUT2D eigenvalue weighted by Gasteiger charge is -2.52. The summed E-state index contributed by atoms with van der Waals surface area (Å²) in [6.45, 7) is 3.80. The second kappa shape index (κ2) is 11.7. The topological polar surface area (TPSA) is 158 Å². The molecule has 0 bridgehead atoms. The van der Waals surface area contributed by atoms with E-state index in [-0.39, 0.29) is 24.6 Å². The van der Waals surface area contributed by atoms with E-state index in [2.05, 4.69) is 0 Å². The number of phenolic OH excluding ortho intramolecular Hbond substituents is 1. The van der Waals surface area contributed by atoms with Crippen molar-refractivity contribution >= 4 is 29.0 Å². The Labute approximate surface area is 263 Å². The summed E-state index contributed by atoms with van der Waals surface area (Å²) in [5.74, 6) is -13.5. The van der Waals surface area contributed by atoms with Crippen molar-refractivity contribution in [3.05, 3.63) is 64.2 Å². The lowest BCUT2D eigenvalue weighted by atomic mass is 9.52. The molecule has 0 saturated heterocycles. The van der Waals surface area contributed by atoms with Crippen LogP contribution < -0.4 is 5.73 Å². The van der Waals surface area contributed by atoms with Gasteiger partial charge in [0.1, 0.15) is 5.75 Å². The molecule has 3 aliphatic carbocycles. The van der Waals surface area contributed by atoms with Gasteiger partial charge in [-0.05, 0) is 69.1 Å². The quantitative estimate of drug-likeness (QED) is 0.386. The van der Waals surface area contributed by atoms with Crippen molar-refractivity contribution in [2.75, 3.05) is 20.6 Å². The number of carbonyl (C=O) groups is 5. The molecule has 46 heavy (non-hydrogen) atoms. The van der Waals surface area contributed by atoms with Crippen LogP contribution in [0.5, 0.6) is 5.75 Å². The van der Waals surface area contributed by atoms with Crippen LogP contribution in [-0.2, 0) is 38.3 Å². The number of nitrogens with zero attached hydrogens (tertiary/aromatic N) is 2. The zero-order valence-corrected chi connectivity index (χ0v) is 25.8. The van der Waals surface area contributed by atoms with Gasteiger partial charge in [-0.1, -0.05) is 37.3 Å². The number of Topliss-reactive ketones (excluding diaryl/α,β-unsaturated/α-hetero) is 4. The number of carbonyl (C=O) groups excluding carboxylic acids is 5. The van der Waals surface area contributed by atoms with Crippen molar-refractivity contribution in [1.29, 1.82) is 0 Å². The van der Waals surface area contributed by atoms with Gasteiger partial charge < -0.3 is 15.9 Å². The van der Waals surface area contributed by atoms with Gasteiger partial charge in [0.25, 0.3) is 0 Å². The minimum atomic E-state index is -4.95. The Morgan fingerprint density at radius 3 is 2.28 bits per heavy atom. The number of nitrogens with two attached hydrogens (primary N) is 1. The molecular weight excluding hydrogens is 607 g/mol. The van der Waals surface area contributed by atoms with E-state index in [1.165, 1.54) is 19.0 Å². The van der Waals surface area contributed by atoms with Gasteiger partial charge in [0, 0.05) is 18.5 Å². The molecule has 0 aliphatic heterocycles. The molecule has 3 aliphatic rings. The number of hydrogen-bond acceptors (Lipinski definition) is 9. The molecule has 0 radical (unpaired) electrons. The fourth-order valence-electron chi connectivity index (χ4n) is 7.91. The molecule has 7 atom stereocenters. The van der Waals surface area contributed by atoms with Gasteiger partial charge in [-0.15, -0.1) is 0 Å². The lowest BCUT2D eigenvalue weighted by Crippen LogP contribution is -2.74. The Morgan fingerprint density at radius 2 is 1.74 bits per heavy atom. The first-order valence-electron chi connectivity index (χ1n) is 15.0. The smallest absolute Gasteiger partial charge is 0.417 e. The fraction of sp³-hybridized carbons (Fsp3) is 0.485. The molecule has 4 N–H and O–H groups in total. The molecule has 0 spiro atoms. The Balaban J connectivity index is 1.62. The Morgan fingerprint density at radius 1 is 1.11 bits per heavy atom. The minimum Gasteiger partial charge on any atom is -0.507 e. The van der Waals surface area contributed by atoms with Crippen LogP contribution in [0.25, 0.3) is 0 Å². The Kier molecular flexibility index (Phi) is 8.50. The molecule has 10 nitrogen and oxygen atoms in total. The number of rotatable bonds is 7. The van der Waals surface area contributed by atoms with Crippen LogP contribution >= 0.6 is 0 Å². The minimum absolute atomic E-state index is 0.216. The molecule has 2 fully saturated rings. The first-order chi connectivity index (χ1) is 21.5. The first kappa shape index (κ1) is 33.4. The van der Waals surface area contributed by atoms with Gasteiger partial charge >= 0.3 is 6.18 Å². The number of phenols is 1. The van der Waals surface area contributed by atoms with Crippen LogP contribution in [0.4, 0.5) is 13.2 Å². The molecule has 13 heteroatoms. The summed E-state index contributed by atoms with van der Waals surface area (Å²) >= 11 is 0. The monoisotopic (exact) mass is 643 g/mol. The summed E-state index contributed by atoms with van der Waals surface area (Å²) in [5, 5.41) is 22.7. The number of primary amides is 1. The van der Waals surface area contributed by atoms with Crippen LogP contribution in [-0.4, -0.2) is 81.3 Å². The van der Waals surface area contributed by atoms with E-state index in [9.17, 15) is 47.4 Å². The first-order valence-corrected chi connectivity index (χ1v) is 15.0. The molecule has 2 saturated carbocycles. The number of aromatic hydroxyl groups is 1. The van der Waals surface area contributed by atoms with Crippen molar-refractivity contribution in [2.45, 2.75) is 57.1 Å². The standard InChI is InChI=1S/C33H36F3N3O7/c1-5-39(15(2)16-9-7-6-8-10-16)14-18-13-21(40)23-19(25(18)33(34,35)36)11-17-12-20-26(38(3)4)28(42)24(31(37)45)30(44)32(20,46)29(43)22(17)27(23)41/h6-10,13,15,17,20,22,24,26,40,46H,5,11-12,14H2,1-4H3,(H2,37,45)/t15?,17-,20-,22?,24?,26-,32-/m0/s1. The zero-order chi connectivity index (χ0) is 34.0. The predicted octanol–water partition coefficient (Wildman–Crippen LogP) is 2.47. The number of hydrogen-bond donors (Lipinski definition) is 3. The van der Waals surface area contributed by atoms with Crippen molar-refractivity contribution in [3.8, 4) is 5.75 Å². The summed E-state index contributed by atoms with van der Waals surface area (Å²) in [6, 6.07) is 8.42. The van der Waals surface area contributed by atoms with Gasteiger partial charge in [0.05, 0.1) is 23.1 Å². The van der Waals surface area contributed by atoms with Crippen LogP contribution in [0.15, 0.2) is 36.4 Å². The largest absolute Gasteiger partial charge is 0.507 e. The SMILES string of the molecule is CCN(Cc1cc(O)c2c(c1C(F)(F)F)C[C@H]1C[C@H]3[C@H](N(C)C)C(=O)C(C(N)=O)C(=O)[C@@]3(O)C(=O)C1C2=O)C(C)c1ccccc1. The normalized spacial score (nSPS) is 28.6. The predicted molar refractivity (Wildman–Crippen MR) is 157 cm³/mol. The van der Waals surface area contributed by atoms with Crippen molar-refractivity contribution in [1.82, 2.24) is 9.80 Å². The van der Waals surface area contributed by atoms with Crippen LogP contribution in [0.3, 0.4) is 0 Å². The third-order valence-corrected chi connectivity index (χ3v) is 10.0. The van der Waals surface area contributed by atoms with Crippen molar-refractivity contribution in [2.24, 2.45) is 29.4 Å². The van der Waals surface area contributed by atoms with E-state index >= 15 is 0 Å². The highest BCUT2D eigenvalue weighted by molar-refractivity contribution is 6.32. The summed E-state index contributed by atoms with van der Waals surface area (Å²) in [5.41, 5.74) is 0.715. The zero-order valence-electron chi connectivity index (χ0n) is 25.8. The summed E-state index contributed by atoms with van der Waals surface area (Å²) in [7, 11) is 2.85. The molecule has 2 aromatic carbocycles. The van der Waals surface area contributed by atoms with Gasteiger partial charge in [-0.3, -0.25) is 33.8 Å². The van der Waals surface area contributed by atoms with E-state index in [0.29, 0.717) is 6.54 Å². The number of ketones is 4. The van der Waals surface area contributed by atoms with E-state index < -0.39 is 99.4 Å². The van der Waals surface area contributed by atoms with Gasteiger partial charge in [0.15, 0.2) is 34.7 Å². The summed E-state index contributed by atoms with van der Waals surface area (Å²) < 4.78 is 44.8. The highest BCUT2D eigenvalue weighted by Crippen LogP contribution is 2.53. The number of aliphatic hydroxyl groups is 1. The van der Waals surface area contributed by atoms with Gasteiger partial charge in [0.2, 0.25) is 5.91 Å². The molecular formula is C33H36F3N3O7. The molecule has 5 rings (SSSR count). The van der Waals surface area contributed by atoms with E-state index in [0.717, 1.165) is 11.6 Å². The highest BCUT2D eigenvalue weighted by atomic mass is 19.4. The second-order valence-corrected chi connectivity index (χ2v) is 12.7. The molecule has 0 aromatic heterocycles. The van der Waals surface area contributed by atoms with E-state index in [1.54, 1.807) is 11.8 Å². The number of likely N-dealkylation sites (N-methyl/N-ethyl adjacent to an activating group) is 1. The summed E-state index contributed by atoms with van der Waals surface area (Å²) in [6.07, 6.45) is -5.78. The average Bonchev–Trinajstić information content (AvgIpc) is 2.96. The lowest BCUT2D eigenvalue weighted by molar-refractivity contribution is -0.181. The van der Waals surface area contributed by atoms with Crippen molar-refractivity contribution < 1.29 is 47.4 Å². The molecule has 0 heterocycles. The van der Waals surface area contributed by atoms with Gasteiger partial charge in [-0.25, -0.2) is 0 Å².